The quantitative estimate of drug-likeness (QED) is 0.0996. The minimum atomic E-state index is -0.604. The molecule has 11 heteroatoms. The van der Waals surface area contributed by atoms with Crippen molar-refractivity contribution in [2.24, 2.45) is 5.73 Å². The molecule has 0 aliphatic carbocycles. The van der Waals surface area contributed by atoms with Gasteiger partial charge >= 0.3 is 0 Å². The maximum atomic E-state index is 13.8. The molecule has 2 aromatic carbocycles. The molecule has 6 N–H and O–H groups in total. The highest BCUT2D eigenvalue weighted by Crippen LogP contribution is 2.28. The van der Waals surface area contributed by atoms with Crippen molar-refractivity contribution < 1.29 is 14.4 Å². The van der Waals surface area contributed by atoms with Crippen molar-refractivity contribution in [2.75, 3.05) is 20.1 Å². The van der Waals surface area contributed by atoms with Crippen LogP contribution in [0.4, 0.5) is 0 Å². The number of nitrogens with zero attached hydrogens (tertiary/aromatic N) is 2. The first-order valence-electron chi connectivity index (χ1n) is 13.2. The molecule has 0 bridgehead atoms. The van der Waals surface area contributed by atoms with Crippen molar-refractivity contribution in [1.29, 1.82) is 5.41 Å². The third-order valence-electron chi connectivity index (χ3n) is 6.97. The van der Waals surface area contributed by atoms with Crippen molar-refractivity contribution >= 4 is 45.1 Å². The van der Waals surface area contributed by atoms with Crippen LogP contribution in [0, 0.1) is 5.41 Å². The van der Waals surface area contributed by atoms with Crippen molar-refractivity contribution in [3.63, 3.8) is 0 Å². The zero-order valence-electron chi connectivity index (χ0n) is 22.0. The maximum Gasteiger partial charge on any atom is 0.244 e. The smallest absolute Gasteiger partial charge is 0.244 e. The molecule has 0 unspecified atom stereocenters. The van der Waals surface area contributed by atoms with Crippen molar-refractivity contribution in [3.05, 3.63) is 65.2 Å². The number of aromatic nitrogens is 1. The highest BCUT2D eigenvalue weighted by Gasteiger charge is 2.40. The predicted octanol–water partition coefficient (Wildman–Crippen LogP) is 2.05. The number of guanidine groups is 1. The van der Waals surface area contributed by atoms with E-state index in [2.05, 4.69) is 20.9 Å². The van der Waals surface area contributed by atoms with Gasteiger partial charge in [-0.25, -0.2) is 4.98 Å². The number of hydrogen-bond acceptors (Lipinski definition) is 8. The first-order valence-corrected chi connectivity index (χ1v) is 14.0. The fraction of sp³-hybridized carbons (Fsp3) is 0.393. The molecular weight excluding hydrogens is 514 g/mol. The Morgan fingerprint density at radius 2 is 1.90 bits per heavy atom. The molecular formula is C28H35N7O3S. The van der Waals surface area contributed by atoms with E-state index in [4.69, 9.17) is 11.1 Å². The lowest BCUT2D eigenvalue weighted by atomic mass is 10.0. The second-order valence-electron chi connectivity index (χ2n) is 9.63. The third kappa shape index (κ3) is 7.25. The minimum Gasteiger partial charge on any atom is -0.370 e. The average molecular weight is 550 g/mol. The second-order valence-corrected chi connectivity index (χ2v) is 10.7. The summed E-state index contributed by atoms with van der Waals surface area (Å²) in [6.45, 7) is 0.999. The van der Waals surface area contributed by atoms with Gasteiger partial charge in [0.25, 0.3) is 0 Å². The second kappa shape index (κ2) is 13.4. The molecule has 2 amide bonds. The molecule has 0 radical (unpaired) electrons. The highest BCUT2D eigenvalue weighted by molar-refractivity contribution is 7.20. The molecule has 3 aromatic rings. The number of amides is 2. The van der Waals surface area contributed by atoms with Gasteiger partial charge < -0.3 is 16.4 Å². The number of carbonyl (C=O) groups excluding carboxylic acids is 3. The number of ketones is 1. The van der Waals surface area contributed by atoms with E-state index in [1.165, 1.54) is 11.3 Å². The summed E-state index contributed by atoms with van der Waals surface area (Å²) in [6.07, 6.45) is 2.77. The predicted molar refractivity (Wildman–Crippen MR) is 153 cm³/mol. The molecule has 1 aliphatic rings. The van der Waals surface area contributed by atoms with Gasteiger partial charge in [-0.15, -0.1) is 11.3 Å². The number of benzene rings is 2. The Kier molecular flexibility index (Phi) is 9.74. The van der Waals surface area contributed by atoms with Gasteiger partial charge in [-0.3, -0.25) is 30.0 Å². The van der Waals surface area contributed by atoms with E-state index < -0.39 is 29.9 Å². The van der Waals surface area contributed by atoms with E-state index in [0.29, 0.717) is 43.8 Å². The van der Waals surface area contributed by atoms with Gasteiger partial charge in [0.2, 0.25) is 17.6 Å². The summed E-state index contributed by atoms with van der Waals surface area (Å²) in [4.78, 5) is 46.7. The molecule has 1 aliphatic heterocycles. The van der Waals surface area contributed by atoms with Gasteiger partial charge in [-0.1, -0.05) is 42.5 Å². The summed E-state index contributed by atoms with van der Waals surface area (Å²) in [5.74, 6) is -1.05. The van der Waals surface area contributed by atoms with Gasteiger partial charge in [-0.2, -0.15) is 0 Å². The van der Waals surface area contributed by atoms with Crippen LogP contribution < -0.4 is 21.7 Å². The van der Waals surface area contributed by atoms with Gasteiger partial charge in [0.05, 0.1) is 28.3 Å². The zero-order valence-corrected chi connectivity index (χ0v) is 22.8. The molecule has 1 fully saturated rings. The van der Waals surface area contributed by atoms with E-state index in [1.807, 2.05) is 59.5 Å². The molecule has 2 heterocycles. The summed E-state index contributed by atoms with van der Waals surface area (Å²) in [6, 6.07) is 15.5. The summed E-state index contributed by atoms with van der Waals surface area (Å²) < 4.78 is 0.927. The van der Waals surface area contributed by atoms with Gasteiger partial charge in [0, 0.05) is 6.54 Å². The van der Waals surface area contributed by atoms with Crippen molar-refractivity contribution in [3.8, 4) is 0 Å². The molecule has 0 spiro atoms. The zero-order chi connectivity index (χ0) is 27.8. The molecule has 10 nitrogen and oxygen atoms in total. The monoisotopic (exact) mass is 549 g/mol. The van der Waals surface area contributed by atoms with E-state index >= 15 is 0 Å². The Hall–Kier alpha value is -3.67. The van der Waals surface area contributed by atoms with Crippen LogP contribution in [0.1, 0.15) is 41.0 Å². The topological polar surface area (TPSA) is 153 Å². The van der Waals surface area contributed by atoms with Gasteiger partial charge in [-0.05, 0) is 63.4 Å². The lowest BCUT2D eigenvalue weighted by molar-refractivity contribution is -0.134. The number of fused-ring (bicyclic) bond motifs is 1. The Morgan fingerprint density at radius 3 is 2.62 bits per heavy atom. The number of hydrogen-bond donors (Lipinski definition) is 5. The Morgan fingerprint density at radius 1 is 1.15 bits per heavy atom. The lowest BCUT2D eigenvalue weighted by Crippen LogP contribution is -2.54. The number of para-hydroxylation sites is 1. The van der Waals surface area contributed by atoms with Gasteiger partial charge in [0.1, 0.15) is 0 Å². The number of likely N-dealkylation sites (N-methyl/N-ethyl adjacent to an activating group) is 1. The number of nitrogens with two attached hydrogens (primary N) is 1. The number of carbonyl (C=O) groups is 3. The SMILES string of the molecule is CN[C@H](Cc1ccccc1)C(=O)NC(=O)[C@@H]1CCCN1[C@@H](CCCNC(=N)N)C(=O)c1nc2ccccc2s1. The van der Waals surface area contributed by atoms with Crippen LogP contribution in [-0.4, -0.2) is 71.7 Å². The van der Waals surface area contributed by atoms with Crippen LogP contribution in [0.25, 0.3) is 10.2 Å². The number of nitrogens with one attached hydrogen (secondary N) is 4. The summed E-state index contributed by atoms with van der Waals surface area (Å²) in [5, 5.41) is 16.2. The largest absolute Gasteiger partial charge is 0.370 e. The van der Waals surface area contributed by atoms with Gasteiger partial charge in [0.15, 0.2) is 11.0 Å². The molecule has 39 heavy (non-hydrogen) atoms. The minimum absolute atomic E-state index is 0.129. The van der Waals surface area contributed by atoms with Crippen LogP contribution in [0.2, 0.25) is 0 Å². The van der Waals surface area contributed by atoms with Crippen molar-refractivity contribution in [1.82, 2.24) is 25.8 Å². The summed E-state index contributed by atoms with van der Waals surface area (Å²) in [7, 11) is 1.70. The molecule has 4 rings (SSSR count). The van der Waals surface area contributed by atoms with Crippen LogP contribution >= 0.6 is 11.3 Å². The lowest BCUT2D eigenvalue weighted by Gasteiger charge is -2.31. The highest BCUT2D eigenvalue weighted by atomic mass is 32.1. The Labute approximate surface area is 231 Å². The molecule has 0 saturated carbocycles. The first-order chi connectivity index (χ1) is 18.9. The molecule has 3 atom stereocenters. The third-order valence-corrected chi connectivity index (χ3v) is 8.02. The van der Waals surface area contributed by atoms with Crippen LogP contribution in [-0.2, 0) is 16.0 Å². The normalized spacial score (nSPS) is 17.0. The summed E-state index contributed by atoms with van der Waals surface area (Å²) in [5.41, 5.74) is 7.17. The van der Waals surface area contributed by atoms with E-state index in [9.17, 15) is 14.4 Å². The number of imide groups is 1. The van der Waals surface area contributed by atoms with E-state index in [-0.39, 0.29) is 11.7 Å². The number of likely N-dealkylation sites (tertiary alicyclic amines) is 1. The standard InChI is InChI=1S/C28H35N7O3S/c1-31-20(17-18-9-3-2-4-10-18)25(37)34-26(38)22-13-8-16-35(22)21(12-7-15-32-28(29)30)24(36)27-33-19-11-5-6-14-23(19)39-27/h2-6,9-11,14,20-22,31H,7-8,12-13,15-17H2,1H3,(H4,29,30,32)(H,34,37,38)/t20-,21+,22+/m1/s1. The Bertz CT molecular complexity index is 1280. The fourth-order valence-corrected chi connectivity index (χ4v) is 5.95. The van der Waals surface area contributed by atoms with Crippen LogP contribution in [0.15, 0.2) is 54.6 Å². The van der Waals surface area contributed by atoms with E-state index in [0.717, 1.165) is 22.2 Å². The number of Topliss-reactive ketones (excluding diaryl/α,β-unsaturated/α-hetero) is 1. The van der Waals surface area contributed by atoms with Crippen LogP contribution in [0.5, 0.6) is 0 Å². The average Bonchev–Trinajstić information content (AvgIpc) is 3.59. The van der Waals surface area contributed by atoms with E-state index in [1.54, 1.807) is 7.05 Å². The van der Waals surface area contributed by atoms with Crippen LogP contribution in [0.3, 0.4) is 0 Å². The fourth-order valence-electron chi connectivity index (χ4n) is 5.00. The van der Waals surface area contributed by atoms with Crippen molar-refractivity contribution in [2.45, 2.75) is 50.2 Å². The number of thiazole rings is 1. The number of rotatable bonds is 12. The first kappa shape index (κ1) is 28.3. The summed E-state index contributed by atoms with van der Waals surface area (Å²) >= 11 is 1.34. The molecule has 206 valence electrons. The Balaban J connectivity index is 1.49. The molecule has 1 saturated heterocycles. The maximum absolute atomic E-state index is 13.8. The molecule has 1 aromatic heterocycles.